The normalized spacial score (nSPS) is 33.6. The van der Waals surface area contributed by atoms with Gasteiger partial charge in [-0.15, -0.1) is 0 Å². The Morgan fingerprint density at radius 1 is 1.29 bits per heavy atom. The van der Waals surface area contributed by atoms with Gasteiger partial charge in [0.2, 0.25) is 0 Å². The molecule has 0 bridgehead atoms. The molecule has 0 aromatic carbocycles. The largest absolute Gasteiger partial charge is 0.385 e. The number of nitrogens with zero attached hydrogens (tertiary/aromatic N) is 1. The van der Waals surface area contributed by atoms with Crippen LogP contribution >= 0.6 is 0 Å². The third-order valence-electron chi connectivity index (χ3n) is 4.33. The molecular formula is C14H18FNO. The number of hydrogen-bond acceptors (Lipinski definition) is 2. The van der Waals surface area contributed by atoms with Gasteiger partial charge in [-0.1, -0.05) is 0 Å². The number of rotatable bonds is 2. The Morgan fingerprint density at radius 2 is 2.12 bits per heavy atom. The molecular weight excluding hydrogens is 217 g/mol. The second-order valence-electron chi connectivity index (χ2n) is 5.58. The van der Waals surface area contributed by atoms with E-state index in [-0.39, 0.29) is 5.82 Å². The summed E-state index contributed by atoms with van der Waals surface area (Å²) in [6.07, 6.45) is 8.94. The molecule has 2 aliphatic carbocycles. The van der Waals surface area contributed by atoms with Crippen LogP contribution in [-0.2, 0) is 5.60 Å². The average molecular weight is 235 g/mol. The van der Waals surface area contributed by atoms with Crippen LogP contribution < -0.4 is 0 Å². The van der Waals surface area contributed by atoms with Gasteiger partial charge in [0.05, 0.1) is 11.8 Å². The Labute approximate surface area is 101 Å². The molecule has 3 heteroatoms. The van der Waals surface area contributed by atoms with Gasteiger partial charge in [-0.3, -0.25) is 4.98 Å². The summed E-state index contributed by atoms with van der Waals surface area (Å²) in [6, 6.07) is 1.63. The third-order valence-corrected chi connectivity index (χ3v) is 4.33. The summed E-state index contributed by atoms with van der Waals surface area (Å²) in [6.45, 7) is 0. The van der Waals surface area contributed by atoms with Gasteiger partial charge < -0.3 is 5.11 Å². The van der Waals surface area contributed by atoms with Crippen molar-refractivity contribution < 1.29 is 9.50 Å². The summed E-state index contributed by atoms with van der Waals surface area (Å²) in [5.41, 5.74) is -0.517. The standard InChI is InChI=1S/C14H18FNO/c15-13-9-16-7-5-12(13)14(17)6-1-2-11(8-14)10-3-4-10/h5,7,9-11,17H,1-4,6,8H2. The van der Waals surface area contributed by atoms with Crippen LogP contribution in [0.2, 0.25) is 0 Å². The molecule has 0 radical (unpaired) electrons. The predicted octanol–water partition coefficient (Wildman–Crippen LogP) is 3.01. The van der Waals surface area contributed by atoms with Gasteiger partial charge in [0, 0.05) is 11.8 Å². The number of halogens is 1. The SMILES string of the molecule is OC1(c2ccncc2F)CCCC(C2CC2)C1. The molecule has 2 unspecified atom stereocenters. The van der Waals surface area contributed by atoms with Crippen molar-refractivity contribution in [2.45, 2.75) is 44.1 Å². The van der Waals surface area contributed by atoms with Crippen LogP contribution in [0.5, 0.6) is 0 Å². The molecule has 92 valence electrons. The zero-order valence-electron chi connectivity index (χ0n) is 9.90. The van der Waals surface area contributed by atoms with Crippen LogP contribution in [0.1, 0.15) is 44.1 Å². The third kappa shape index (κ3) is 2.08. The smallest absolute Gasteiger partial charge is 0.147 e. The first kappa shape index (κ1) is 11.1. The molecule has 1 N–H and O–H groups in total. The van der Waals surface area contributed by atoms with E-state index in [0.29, 0.717) is 17.9 Å². The topological polar surface area (TPSA) is 33.1 Å². The minimum Gasteiger partial charge on any atom is -0.385 e. The van der Waals surface area contributed by atoms with Crippen LogP contribution in [0, 0.1) is 17.7 Å². The van der Waals surface area contributed by atoms with Crippen molar-refractivity contribution >= 4 is 0 Å². The average Bonchev–Trinajstić information content (AvgIpc) is 3.13. The molecule has 0 amide bonds. The van der Waals surface area contributed by atoms with Gasteiger partial charge >= 0.3 is 0 Å². The van der Waals surface area contributed by atoms with Gasteiger partial charge in [0.1, 0.15) is 5.82 Å². The van der Waals surface area contributed by atoms with Crippen molar-refractivity contribution in [1.29, 1.82) is 0 Å². The first-order chi connectivity index (χ1) is 8.19. The van der Waals surface area contributed by atoms with E-state index in [1.54, 1.807) is 12.3 Å². The number of hydrogen-bond donors (Lipinski definition) is 1. The summed E-state index contributed by atoms with van der Waals surface area (Å²) < 4.78 is 13.7. The Bertz CT molecular complexity index is 418. The highest BCUT2D eigenvalue weighted by Gasteiger charge is 2.42. The molecule has 2 atom stereocenters. The van der Waals surface area contributed by atoms with E-state index in [2.05, 4.69) is 4.98 Å². The van der Waals surface area contributed by atoms with Crippen LogP contribution in [0.3, 0.4) is 0 Å². The second-order valence-corrected chi connectivity index (χ2v) is 5.58. The summed E-state index contributed by atoms with van der Waals surface area (Å²) in [4.78, 5) is 3.75. The molecule has 1 heterocycles. The maximum Gasteiger partial charge on any atom is 0.147 e. The van der Waals surface area contributed by atoms with E-state index in [1.807, 2.05) is 0 Å². The monoisotopic (exact) mass is 235 g/mol. The zero-order valence-corrected chi connectivity index (χ0v) is 9.90. The van der Waals surface area contributed by atoms with Gasteiger partial charge in [-0.25, -0.2) is 4.39 Å². The van der Waals surface area contributed by atoms with Gasteiger partial charge in [-0.05, 0) is 56.4 Å². The van der Waals surface area contributed by atoms with Crippen molar-refractivity contribution in [2.75, 3.05) is 0 Å². The first-order valence-corrected chi connectivity index (χ1v) is 6.51. The van der Waals surface area contributed by atoms with E-state index < -0.39 is 5.60 Å². The van der Waals surface area contributed by atoms with E-state index in [0.717, 1.165) is 18.8 Å². The molecule has 0 aliphatic heterocycles. The number of pyridine rings is 1. The lowest BCUT2D eigenvalue weighted by molar-refractivity contribution is -0.0279. The van der Waals surface area contributed by atoms with Crippen molar-refractivity contribution in [1.82, 2.24) is 4.98 Å². The van der Waals surface area contributed by atoms with Crippen molar-refractivity contribution in [3.63, 3.8) is 0 Å². The highest BCUT2D eigenvalue weighted by Crippen LogP contribution is 2.49. The second kappa shape index (κ2) is 4.05. The zero-order chi connectivity index (χ0) is 11.9. The number of aromatic nitrogens is 1. The van der Waals surface area contributed by atoms with Crippen LogP contribution in [0.4, 0.5) is 4.39 Å². The van der Waals surface area contributed by atoms with E-state index in [1.165, 1.54) is 25.5 Å². The molecule has 1 aromatic heterocycles. The van der Waals surface area contributed by atoms with E-state index in [9.17, 15) is 9.50 Å². The lowest BCUT2D eigenvalue weighted by Crippen LogP contribution is -2.34. The molecule has 2 saturated carbocycles. The molecule has 2 aliphatic rings. The Balaban J connectivity index is 1.86. The Kier molecular flexibility index (Phi) is 2.66. The number of aliphatic hydroxyl groups is 1. The summed E-state index contributed by atoms with van der Waals surface area (Å²) >= 11 is 0. The van der Waals surface area contributed by atoms with E-state index in [4.69, 9.17) is 0 Å². The maximum absolute atomic E-state index is 13.7. The molecule has 17 heavy (non-hydrogen) atoms. The van der Waals surface area contributed by atoms with Gasteiger partial charge in [0.15, 0.2) is 0 Å². The van der Waals surface area contributed by atoms with Crippen LogP contribution in [0.25, 0.3) is 0 Å². The fourth-order valence-electron chi connectivity index (χ4n) is 3.26. The molecule has 2 fully saturated rings. The summed E-state index contributed by atoms with van der Waals surface area (Å²) in [5, 5.41) is 10.7. The van der Waals surface area contributed by atoms with Crippen molar-refractivity contribution in [3.05, 3.63) is 29.8 Å². The van der Waals surface area contributed by atoms with Gasteiger partial charge in [-0.2, -0.15) is 0 Å². The molecule has 0 saturated heterocycles. The highest BCUT2D eigenvalue weighted by molar-refractivity contribution is 5.22. The lowest BCUT2D eigenvalue weighted by atomic mass is 9.73. The molecule has 1 aromatic rings. The van der Waals surface area contributed by atoms with Crippen LogP contribution in [0.15, 0.2) is 18.5 Å². The maximum atomic E-state index is 13.7. The summed E-state index contributed by atoms with van der Waals surface area (Å²) in [5.74, 6) is 1.000. The van der Waals surface area contributed by atoms with Gasteiger partial charge in [0.25, 0.3) is 0 Å². The first-order valence-electron chi connectivity index (χ1n) is 6.51. The van der Waals surface area contributed by atoms with E-state index >= 15 is 0 Å². The minimum atomic E-state index is -0.960. The summed E-state index contributed by atoms with van der Waals surface area (Å²) in [7, 11) is 0. The molecule has 2 nitrogen and oxygen atoms in total. The predicted molar refractivity (Wildman–Crippen MR) is 62.8 cm³/mol. The Morgan fingerprint density at radius 3 is 2.82 bits per heavy atom. The quantitative estimate of drug-likeness (QED) is 0.854. The Hall–Kier alpha value is -0.960. The fourth-order valence-corrected chi connectivity index (χ4v) is 3.26. The van der Waals surface area contributed by atoms with Crippen molar-refractivity contribution in [3.8, 4) is 0 Å². The molecule has 0 spiro atoms. The van der Waals surface area contributed by atoms with Crippen molar-refractivity contribution in [2.24, 2.45) is 11.8 Å². The molecule has 3 rings (SSSR count). The lowest BCUT2D eigenvalue weighted by Gasteiger charge is -2.37. The highest BCUT2D eigenvalue weighted by atomic mass is 19.1. The van der Waals surface area contributed by atoms with Crippen LogP contribution in [-0.4, -0.2) is 10.1 Å². The minimum absolute atomic E-state index is 0.369. The fraction of sp³-hybridized carbons (Fsp3) is 0.643.